The number of carbonyl (C=O) groups is 1. The summed E-state index contributed by atoms with van der Waals surface area (Å²) in [6.07, 6.45) is 0. The monoisotopic (exact) mass is 267 g/mol. The van der Waals surface area contributed by atoms with Crippen LogP contribution in [0, 0.1) is 6.92 Å². The second-order valence-electron chi connectivity index (χ2n) is 4.83. The maximum atomic E-state index is 11.9. The van der Waals surface area contributed by atoms with Crippen molar-refractivity contribution < 1.29 is 4.79 Å². The summed E-state index contributed by atoms with van der Waals surface area (Å²) in [4.78, 5) is 15.4. The summed E-state index contributed by atoms with van der Waals surface area (Å²) >= 11 is 1.70. The van der Waals surface area contributed by atoms with E-state index in [2.05, 4.69) is 40.8 Å². The molecule has 0 aromatic carbocycles. The number of amides is 1. The van der Waals surface area contributed by atoms with Crippen LogP contribution in [0.15, 0.2) is 11.4 Å². The highest BCUT2D eigenvalue weighted by molar-refractivity contribution is 7.10. The van der Waals surface area contributed by atoms with E-state index >= 15 is 0 Å². The number of thiophene rings is 1. The lowest BCUT2D eigenvalue weighted by atomic mass is 10.2. The minimum Gasteiger partial charge on any atom is -0.350 e. The lowest BCUT2D eigenvalue weighted by molar-refractivity contribution is -0.123. The topological polar surface area (TPSA) is 44.4 Å². The number of piperazine rings is 1. The van der Waals surface area contributed by atoms with Crippen molar-refractivity contribution >= 4 is 17.2 Å². The number of nitrogens with zero attached hydrogens (tertiary/aromatic N) is 1. The van der Waals surface area contributed by atoms with Crippen LogP contribution >= 0.6 is 11.3 Å². The van der Waals surface area contributed by atoms with Gasteiger partial charge in [-0.2, -0.15) is 0 Å². The predicted octanol–water partition coefficient (Wildman–Crippen LogP) is 0.966. The van der Waals surface area contributed by atoms with Gasteiger partial charge in [0.2, 0.25) is 5.91 Å². The summed E-state index contributed by atoms with van der Waals surface area (Å²) in [5, 5.41) is 8.40. The minimum absolute atomic E-state index is 0.122. The molecule has 1 amide bonds. The van der Waals surface area contributed by atoms with E-state index in [1.807, 2.05) is 0 Å². The van der Waals surface area contributed by atoms with Crippen LogP contribution in [0.5, 0.6) is 0 Å². The molecule has 2 N–H and O–H groups in total. The molecule has 0 radical (unpaired) electrons. The molecule has 0 saturated carbocycles. The molecule has 18 heavy (non-hydrogen) atoms. The molecule has 1 aromatic rings. The van der Waals surface area contributed by atoms with Gasteiger partial charge in [0.25, 0.3) is 0 Å². The average molecular weight is 267 g/mol. The van der Waals surface area contributed by atoms with E-state index in [1.165, 1.54) is 10.4 Å². The molecule has 1 atom stereocenters. The molecule has 0 spiro atoms. The van der Waals surface area contributed by atoms with Crippen LogP contribution in [-0.2, 0) is 11.3 Å². The first-order valence-electron chi connectivity index (χ1n) is 6.41. The first-order valence-corrected chi connectivity index (χ1v) is 7.29. The summed E-state index contributed by atoms with van der Waals surface area (Å²) in [6, 6.07) is 2.53. The predicted molar refractivity (Wildman–Crippen MR) is 74.8 cm³/mol. The molecule has 1 saturated heterocycles. The number of rotatable bonds is 4. The van der Waals surface area contributed by atoms with E-state index in [0.717, 1.165) is 19.6 Å². The normalized spacial score (nSPS) is 20.9. The van der Waals surface area contributed by atoms with Crippen molar-refractivity contribution in [2.24, 2.45) is 0 Å². The minimum atomic E-state index is 0.122. The van der Waals surface area contributed by atoms with E-state index in [4.69, 9.17) is 0 Å². The summed E-state index contributed by atoms with van der Waals surface area (Å²) < 4.78 is 0. The Morgan fingerprint density at radius 2 is 2.50 bits per heavy atom. The fourth-order valence-electron chi connectivity index (χ4n) is 2.12. The Bertz CT molecular complexity index is 405. The second kappa shape index (κ2) is 6.31. The van der Waals surface area contributed by atoms with Gasteiger partial charge in [0.1, 0.15) is 0 Å². The first kappa shape index (κ1) is 13.5. The van der Waals surface area contributed by atoms with Crippen LogP contribution in [0.25, 0.3) is 0 Å². The van der Waals surface area contributed by atoms with Crippen molar-refractivity contribution in [3.8, 4) is 0 Å². The van der Waals surface area contributed by atoms with Crippen molar-refractivity contribution in [2.75, 3.05) is 26.2 Å². The van der Waals surface area contributed by atoms with E-state index in [0.29, 0.717) is 19.1 Å². The Balaban J connectivity index is 1.76. The molecule has 5 heteroatoms. The van der Waals surface area contributed by atoms with Crippen LogP contribution in [-0.4, -0.2) is 43.0 Å². The van der Waals surface area contributed by atoms with Gasteiger partial charge >= 0.3 is 0 Å². The second-order valence-corrected chi connectivity index (χ2v) is 5.83. The van der Waals surface area contributed by atoms with E-state index in [9.17, 15) is 4.79 Å². The van der Waals surface area contributed by atoms with E-state index in [1.54, 1.807) is 11.3 Å². The van der Waals surface area contributed by atoms with Crippen molar-refractivity contribution in [1.82, 2.24) is 15.5 Å². The number of hydrogen-bond donors (Lipinski definition) is 2. The Hall–Kier alpha value is -0.910. The number of nitrogens with one attached hydrogen (secondary N) is 2. The van der Waals surface area contributed by atoms with Crippen molar-refractivity contribution in [2.45, 2.75) is 26.4 Å². The van der Waals surface area contributed by atoms with E-state index < -0.39 is 0 Å². The van der Waals surface area contributed by atoms with Crippen LogP contribution in [0.1, 0.15) is 17.4 Å². The van der Waals surface area contributed by atoms with Crippen LogP contribution < -0.4 is 10.6 Å². The third-order valence-electron chi connectivity index (χ3n) is 3.40. The summed E-state index contributed by atoms with van der Waals surface area (Å²) in [7, 11) is 0. The Kier molecular flexibility index (Phi) is 4.74. The van der Waals surface area contributed by atoms with Gasteiger partial charge in [0.15, 0.2) is 0 Å². The molecular weight excluding hydrogens is 246 g/mol. The van der Waals surface area contributed by atoms with Crippen molar-refractivity contribution in [1.29, 1.82) is 0 Å². The van der Waals surface area contributed by atoms with Gasteiger partial charge < -0.3 is 10.6 Å². The molecule has 1 aliphatic rings. The molecule has 1 aliphatic heterocycles. The van der Waals surface area contributed by atoms with Crippen molar-refractivity contribution in [3.63, 3.8) is 0 Å². The van der Waals surface area contributed by atoms with Crippen LogP contribution in [0.3, 0.4) is 0 Å². The molecule has 2 rings (SSSR count). The lowest BCUT2D eigenvalue weighted by Crippen LogP contribution is -2.52. The summed E-state index contributed by atoms with van der Waals surface area (Å²) in [6.45, 7) is 8.29. The van der Waals surface area contributed by atoms with Gasteiger partial charge in [-0.15, -0.1) is 11.3 Å². The fourth-order valence-corrected chi connectivity index (χ4v) is 2.97. The van der Waals surface area contributed by atoms with Gasteiger partial charge in [-0.25, -0.2) is 0 Å². The standard InChI is InChI=1S/C13H21N3OS/c1-10-3-6-18-12(10)8-15-13(17)9-16-5-4-14-7-11(16)2/h3,6,11,14H,4-5,7-9H2,1-2H3,(H,15,17)/t11-/m0/s1. The molecule has 2 heterocycles. The van der Waals surface area contributed by atoms with Gasteiger partial charge in [-0.3, -0.25) is 9.69 Å². The maximum absolute atomic E-state index is 11.9. The Morgan fingerprint density at radius 1 is 1.67 bits per heavy atom. The third kappa shape index (κ3) is 3.54. The summed E-state index contributed by atoms with van der Waals surface area (Å²) in [5.41, 5.74) is 1.26. The molecule has 0 aliphatic carbocycles. The van der Waals surface area contributed by atoms with Gasteiger partial charge in [0.05, 0.1) is 13.1 Å². The first-order chi connectivity index (χ1) is 8.66. The smallest absolute Gasteiger partial charge is 0.234 e. The van der Waals surface area contributed by atoms with Crippen LogP contribution in [0.4, 0.5) is 0 Å². The maximum Gasteiger partial charge on any atom is 0.234 e. The van der Waals surface area contributed by atoms with Gasteiger partial charge in [-0.05, 0) is 30.9 Å². The summed E-state index contributed by atoms with van der Waals surface area (Å²) in [5.74, 6) is 0.122. The molecule has 100 valence electrons. The lowest BCUT2D eigenvalue weighted by Gasteiger charge is -2.33. The highest BCUT2D eigenvalue weighted by Crippen LogP contribution is 2.14. The Labute approximate surface area is 112 Å². The van der Waals surface area contributed by atoms with E-state index in [-0.39, 0.29) is 5.91 Å². The number of hydrogen-bond acceptors (Lipinski definition) is 4. The zero-order valence-electron chi connectivity index (χ0n) is 11.0. The van der Waals surface area contributed by atoms with Crippen LogP contribution in [0.2, 0.25) is 0 Å². The largest absolute Gasteiger partial charge is 0.350 e. The quantitative estimate of drug-likeness (QED) is 0.854. The Morgan fingerprint density at radius 3 is 3.17 bits per heavy atom. The molecule has 1 fully saturated rings. The molecule has 0 unspecified atom stereocenters. The SMILES string of the molecule is Cc1ccsc1CNC(=O)CN1CCNC[C@@H]1C. The molecule has 4 nitrogen and oxygen atoms in total. The zero-order chi connectivity index (χ0) is 13.0. The average Bonchev–Trinajstić information content (AvgIpc) is 2.75. The highest BCUT2D eigenvalue weighted by atomic mass is 32.1. The van der Waals surface area contributed by atoms with Gasteiger partial charge in [0, 0.05) is 30.6 Å². The van der Waals surface area contributed by atoms with Gasteiger partial charge in [-0.1, -0.05) is 0 Å². The highest BCUT2D eigenvalue weighted by Gasteiger charge is 2.19. The zero-order valence-corrected chi connectivity index (χ0v) is 11.8. The van der Waals surface area contributed by atoms with Crippen molar-refractivity contribution in [3.05, 3.63) is 21.9 Å². The number of aryl methyl sites for hydroxylation is 1. The molecule has 0 bridgehead atoms. The molecule has 1 aromatic heterocycles. The third-order valence-corrected chi connectivity index (χ3v) is 4.42. The molecular formula is C13H21N3OS. The fraction of sp³-hybridized carbons (Fsp3) is 0.615. The number of carbonyl (C=O) groups excluding carboxylic acids is 1.